The topological polar surface area (TPSA) is 42.8 Å². The highest BCUT2D eigenvalue weighted by Crippen LogP contribution is 2.25. The van der Waals surface area contributed by atoms with Gasteiger partial charge in [-0.1, -0.05) is 0 Å². The van der Waals surface area contributed by atoms with E-state index < -0.39 is 0 Å². The zero-order valence-corrected chi connectivity index (χ0v) is 13.3. The van der Waals surface area contributed by atoms with Crippen molar-refractivity contribution in [1.82, 2.24) is 5.32 Å². The molecule has 1 atom stereocenters. The second-order valence-corrected chi connectivity index (χ2v) is 5.23. The molecule has 1 unspecified atom stereocenters. The van der Waals surface area contributed by atoms with Gasteiger partial charge >= 0.3 is 0 Å². The summed E-state index contributed by atoms with van der Waals surface area (Å²) in [5, 5.41) is 2.84. The summed E-state index contributed by atoms with van der Waals surface area (Å²) in [6, 6.07) is 6.03. The summed E-state index contributed by atoms with van der Waals surface area (Å²) in [5.41, 5.74) is 1.19. The van der Waals surface area contributed by atoms with Crippen molar-refractivity contribution in [1.29, 1.82) is 0 Å². The van der Waals surface area contributed by atoms with E-state index in [2.05, 4.69) is 28.2 Å². The van der Waals surface area contributed by atoms with Crippen LogP contribution >= 0.6 is 15.9 Å². The van der Waals surface area contributed by atoms with E-state index in [9.17, 15) is 4.79 Å². The monoisotopic (exact) mass is 329 g/mol. The predicted octanol–water partition coefficient (Wildman–Crippen LogP) is 0.999. The Morgan fingerprint density at radius 3 is 2.68 bits per heavy atom. The number of hydrogen-bond donors (Lipinski definition) is 2. The first kappa shape index (κ1) is 16.0. The van der Waals surface area contributed by atoms with E-state index in [1.807, 2.05) is 25.1 Å². The highest BCUT2D eigenvalue weighted by atomic mass is 79.9. The first-order valence-electron chi connectivity index (χ1n) is 6.53. The molecule has 0 aliphatic heterocycles. The maximum absolute atomic E-state index is 11.6. The minimum absolute atomic E-state index is 0.104. The summed E-state index contributed by atoms with van der Waals surface area (Å²) in [7, 11) is 1.65. The molecule has 1 rings (SSSR count). The fraction of sp³-hybridized carbons (Fsp3) is 0.500. The number of nitrogens with one attached hydrogen (secondary N) is 2. The fourth-order valence-electron chi connectivity index (χ4n) is 1.91. The number of carbonyl (C=O) groups excluding carboxylic acids is 1. The third-order valence-corrected chi connectivity index (χ3v) is 3.57. The Hall–Kier alpha value is -1.07. The maximum atomic E-state index is 11.6. The number of methoxy groups -OCH3 is 1. The first-order chi connectivity index (χ1) is 9.10. The fourth-order valence-corrected chi connectivity index (χ4v) is 2.50. The van der Waals surface area contributed by atoms with Gasteiger partial charge in [0.1, 0.15) is 12.3 Å². The zero-order chi connectivity index (χ0) is 14.3. The van der Waals surface area contributed by atoms with E-state index in [0.717, 1.165) is 23.3 Å². The van der Waals surface area contributed by atoms with E-state index in [1.165, 1.54) is 10.5 Å². The summed E-state index contributed by atoms with van der Waals surface area (Å²) in [6.45, 7) is 6.96. The quantitative estimate of drug-likeness (QED) is 0.783. The summed E-state index contributed by atoms with van der Waals surface area (Å²) in [5.74, 6) is 0.928. The predicted molar refractivity (Wildman–Crippen MR) is 79.5 cm³/mol. The molecule has 0 saturated heterocycles. The van der Waals surface area contributed by atoms with Gasteiger partial charge in [0.2, 0.25) is 0 Å². The Balaban J connectivity index is 2.65. The van der Waals surface area contributed by atoms with Gasteiger partial charge in [-0.3, -0.25) is 4.79 Å². The minimum Gasteiger partial charge on any atom is -0.496 e. The molecule has 0 saturated carbocycles. The van der Waals surface area contributed by atoms with Crippen molar-refractivity contribution in [2.75, 3.05) is 26.7 Å². The average Bonchev–Trinajstić information content (AvgIpc) is 2.38. The van der Waals surface area contributed by atoms with E-state index in [0.29, 0.717) is 13.1 Å². The third-order valence-electron chi connectivity index (χ3n) is 2.95. The van der Waals surface area contributed by atoms with Crippen LogP contribution in [0.5, 0.6) is 5.75 Å². The zero-order valence-electron chi connectivity index (χ0n) is 11.8. The molecular formula is C14H22BrN2O2+. The van der Waals surface area contributed by atoms with Gasteiger partial charge in [0.05, 0.1) is 18.1 Å². The van der Waals surface area contributed by atoms with Crippen molar-refractivity contribution in [3.63, 3.8) is 0 Å². The van der Waals surface area contributed by atoms with Crippen LogP contribution in [0, 0.1) is 0 Å². The Bertz CT molecular complexity index is 424. The molecule has 1 aromatic rings. The maximum Gasteiger partial charge on any atom is 0.275 e. The molecule has 1 aromatic carbocycles. The van der Waals surface area contributed by atoms with Gasteiger partial charge in [0, 0.05) is 12.1 Å². The van der Waals surface area contributed by atoms with Crippen molar-refractivity contribution in [3.8, 4) is 5.75 Å². The first-order valence-corrected chi connectivity index (χ1v) is 7.32. The second kappa shape index (κ2) is 8.17. The average molecular weight is 330 g/mol. The van der Waals surface area contributed by atoms with Gasteiger partial charge in [0.25, 0.3) is 5.91 Å². The Morgan fingerprint density at radius 2 is 2.16 bits per heavy atom. The third kappa shape index (κ3) is 5.20. The van der Waals surface area contributed by atoms with Crippen molar-refractivity contribution < 1.29 is 14.4 Å². The van der Waals surface area contributed by atoms with Gasteiger partial charge in [-0.15, -0.1) is 0 Å². The highest BCUT2D eigenvalue weighted by Gasteiger charge is 2.13. The van der Waals surface area contributed by atoms with Crippen molar-refractivity contribution in [2.45, 2.75) is 20.4 Å². The van der Waals surface area contributed by atoms with Crippen LogP contribution in [0.1, 0.15) is 19.4 Å². The molecule has 0 aromatic heterocycles. The van der Waals surface area contributed by atoms with Gasteiger partial charge in [-0.2, -0.15) is 0 Å². The molecule has 0 aliphatic carbocycles. The SMILES string of the molecule is CCNC(=O)C[NH+](CC)Cc1ccc(OC)c(Br)c1. The molecule has 106 valence electrons. The molecule has 0 spiro atoms. The van der Waals surface area contributed by atoms with E-state index in [1.54, 1.807) is 7.11 Å². The molecule has 19 heavy (non-hydrogen) atoms. The number of amides is 1. The standard InChI is InChI=1S/C14H21BrN2O2/c1-4-16-14(18)10-17(5-2)9-11-6-7-13(19-3)12(15)8-11/h6-8H,4-5,9-10H2,1-3H3,(H,16,18)/p+1. The van der Waals surface area contributed by atoms with Crippen LogP contribution < -0.4 is 15.0 Å². The molecule has 0 radical (unpaired) electrons. The molecule has 1 amide bonds. The number of benzene rings is 1. The lowest BCUT2D eigenvalue weighted by atomic mass is 10.2. The number of carbonyl (C=O) groups is 1. The lowest BCUT2D eigenvalue weighted by Crippen LogP contribution is -3.11. The van der Waals surface area contributed by atoms with Crippen LogP contribution in [-0.2, 0) is 11.3 Å². The lowest BCUT2D eigenvalue weighted by Gasteiger charge is -2.17. The number of hydrogen-bond acceptors (Lipinski definition) is 2. The van der Waals surface area contributed by atoms with Gasteiger partial charge in [-0.25, -0.2) is 0 Å². The molecule has 5 heteroatoms. The van der Waals surface area contributed by atoms with Crippen LogP contribution in [0.25, 0.3) is 0 Å². The van der Waals surface area contributed by atoms with Crippen molar-refractivity contribution >= 4 is 21.8 Å². The number of likely N-dealkylation sites (N-methyl/N-ethyl adjacent to an activating group) is 2. The molecule has 0 bridgehead atoms. The summed E-state index contributed by atoms with van der Waals surface area (Å²) in [4.78, 5) is 12.8. The second-order valence-electron chi connectivity index (χ2n) is 4.38. The summed E-state index contributed by atoms with van der Waals surface area (Å²) >= 11 is 3.48. The van der Waals surface area contributed by atoms with Crippen LogP contribution in [0.4, 0.5) is 0 Å². The smallest absolute Gasteiger partial charge is 0.275 e. The molecule has 4 nitrogen and oxygen atoms in total. The Labute approximate surface area is 123 Å². The number of halogens is 1. The van der Waals surface area contributed by atoms with Crippen molar-refractivity contribution in [3.05, 3.63) is 28.2 Å². The Kier molecular flexibility index (Phi) is 6.87. The molecular weight excluding hydrogens is 308 g/mol. The highest BCUT2D eigenvalue weighted by molar-refractivity contribution is 9.10. The number of quaternary nitrogens is 1. The van der Waals surface area contributed by atoms with Crippen molar-refractivity contribution in [2.24, 2.45) is 0 Å². The lowest BCUT2D eigenvalue weighted by molar-refractivity contribution is -0.904. The van der Waals surface area contributed by atoms with Gasteiger partial charge in [-0.05, 0) is 48.0 Å². The molecule has 0 aliphatic rings. The molecule has 0 fully saturated rings. The van der Waals surface area contributed by atoms with Crippen LogP contribution in [0.2, 0.25) is 0 Å². The van der Waals surface area contributed by atoms with Crippen LogP contribution in [-0.4, -0.2) is 32.7 Å². The normalized spacial score (nSPS) is 12.0. The van der Waals surface area contributed by atoms with Crippen LogP contribution in [0.3, 0.4) is 0 Å². The summed E-state index contributed by atoms with van der Waals surface area (Å²) in [6.07, 6.45) is 0. The minimum atomic E-state index is 0.104. The van der Waals surface area contributed by atoms with Gasteiger partial charge < -0.3 is 15.0 Å². The molecule has 0 heterocycles. The van der Waals surface area contributed by atoms with Gasteiger partial charge in [0.15, 0.2) is 6.54 Å². The largest absolute Gasteiger partial charge is 0.496 e. The summed E-state index contributed by atoms with van der Waals surface area (Å²) < 4.78 is 6.16. The number of rotatable bonds is 7. The van der Waals surface area contributed by atoms with E-state index in [-0.39, 0.29) is 5.91 Å². The molecule has 2 N–H and O–H groups in total. The van der Waals surface area contributed by atoms with Crippen LogP contribution in [0.15, 0.2) is 22.7 Å². The number of ether oxygens (including phenoxy) is 1. The van der Waals surface area contributed by atoms with E-state index >= 15 is 0 Å². The Morgan fingerprint density at radius 1 is 1.42 bits per heavy atom. The van der Waals surface area contributed by atoms with E-state index in [4.69, 9.17) is 4.74 Å².